The Balaban J connectivity index is 1.94. The minimum atomic E-state index is -3.38. The first-order valence-corrected chi connectivity index (χ1v) is 8.92. The maximum Gasteiger partial charge on any atom is 0.240 e. The van der Waals surface area contributed by atoms with Crippen LogP contribution in [0.15, 0.2) is 29.2 Å². The van der Waals surface area contributed by atoms with E-state index in [1.54, 1.807) is 12.1 Å². The van der Waals surface area contributed by atoms with Gasteiger partial charge in [0.2, 0.25) is 10.0 Å². The zero-order valence-corrected chi connectivity index (χ0v) is 12.9. The number of rotatable bonds is 6. The summed E-state index contributed by atoms with van der Waals surface area (Å²) in [5.74, 6) is 0. The van der Waals surface area contributed by atoms with Gasteiger partial charge >= 0.3 is 0 Å². The van der Waals surface area contributed by atoms with Crippen LogP contribution >= 0.6 is 0 Å². The molecular formula is C15H24N2O2S. The summed E-state index contributed by atoms with van der Waals surface area (Å²) in [5, 5.41) is 3.34. The van der Waals surface area contributed by atoms with Gasteiger partial charge in [0.05, 0.1) is 4.90 Å². The van der Waals surface area contributed by atoms with Gasteiger partial charge in [0, 0.05) is 12.6 Å². The lowest BCUT2D eigenvalue weighted by Crippen LogP contribution is -2.43. The zero-order valence-electron chi connectivity index (χ0n) is 12.1. The van der Waals surface area contributed by atoms with Crippen molar-refractivity contribution in [3.8, 4) is 0 Å². The van der Waals surface area contributed by atoms with Gasteiger partial charge in [-0.05, 0) is 43.5 Å². The Morgan fingerprint density at radius 1 is 1.25 bits per heavy atom. The highest BCUT2D eigenvalue weighted by Gasteiger charge is 2.18. The molecule has 1 unspecified atom stereocenters. The first-order valence-electron chi connectivity index (χ1n) is 7.44. The summed E-state index contributed by atoms with van der Waals surface area (Å²) >= 11 is 0. The van der Waals surface area contributed by atoms with Crippen LogP contribution in [0.3, 0.4) is 0 Å². The lowest BCUT2D eigenvalue weighted by atomic mass is 10.1. The molecule has 0 aliphatic carbocycles. The maximum atomic E-state index is 12.2. The van der Waals surface area contributed by atoms with Crippen molar-refractivity contribution in [1.29, 1.82) is 0 Å². The first-order chi connectivity index (χ1) is 9.62. The Kier molecular flexibility index (Phi) is 5.57. The molecule has 1 heterocycles. The van der Waals surface area contributed by atoms with Crippen LogP contribution in [0.1, 0.15) is 38.2 Å². The monoisotopic (exact) mass is 296 g/mol. The Hall–Kier alpha value is -0.910. The summed E-state index contributed by atoms with van der Waals surface area (Å²) in [5.41, 5.74) is 1.18. The van der Waals surface area contributed by atoms with E-state index in [4.69, 9.17) is 0 Å². The highest BCUT2D eigenvalue weighted by molar-refractivity contribution is 7.89. The lowest BCUT2D eigenvalue weighted by Gasteiger charge is -2.23. The van der Waals surface area contributed by atoms with E-state index in [-0.39, 0.29) is 6.04 Å². The van der Waals surface area contributed by atoms with Crippen molar-refractivity contribution in [2.24, 2.45) is 0 Å². The van der Waals surface area contributed by atoms with E-state index in [1.807, 2.05) is 12.1 Å². The lowest BCUT2D eigenvalue weighted by molar-refractivity contribution is 0.398. The van der Waals surface area contributed by atoms with E-state index >= 15 is 0 Å². The van der Waals surface area contributed by atoms with Gasteiger partial charge in [-0.2, -0.15) is 0 Å². The Labute approximate surface area is 122 Å². The van der Waals surface area contributed by atoms with E-state index in [1.165, 1.54) is 18.4 Å². The van der Waals surface area contributed by atoms with Crippen LogP contribution in [0.25, 0.3) is 0 Å². The second-order valence-corrected chi connectivity index (χ2v) is 7.16. The molecule has 1 aliphatic heterocycles. The summed E-state index contributed by atoms with van der Waals surface area (Å²) in [4.78, 5) is 0.355. The molecule has 1 fully saturated rings. The molecule has 4 nitrogen and oxygen atoms in total. The number of sulfonamides is 1. The molecule has 20 heavy (non-hydrogen) atoms. The van der Waals surface area contributed by atoms with Crippen molar-refractivity contribution in [1.82, 2.24) is 10.0 Å². The molecule has 0 bridgehead atoms. The van der Waals surface area contributed by atoms with Gasteiger partial charge in [-0.25, -0.2) is 13.1 Å². The normalized spacial score (nSPS) is 19.9. The number of nitrogens with one attached hydrogen (secondary N) is 2. The summed E-state index contributed by atoms with van der Waals surface area (Å²) in [6.07, 6.45) is 5.45. The van der Waals surface area contributed by atoms with Gasteiger partial charge in [0.15, 0.2) is 0 Å². The van der Waals surface area contributed by atoms with Crippen molar-refractivity contribution < 1.29 is 8.42 Å². The van der Waals surface area contributed by atoms with Crippen LogP contribution in [0.4, 0.5) is 0 Å². The fraction of sp³-hybridized carbons (Fsp3) is 0.600. The van der Waals surface area contributed by atoms with Crippen LogP contribution in [-0.4, -0.2) is 27.5 Å². The smallest absolute Gasteiger partial charge is 0.240 e. The molecule has 0 spiro atoms. The average molecular weight is 296 g/mol. The van der Waals surface area contributed by atoms with Crippen LogP contribution in [0.5, 0.6) is 0 Å². The number of hydrogen-bond acceptors (Lipinski definition) is 3. The van der Waals surface area contributed by atoms with Gasteiger partial charge in [0.1, 0.15) is 0 Å². The molecule has 0 saturated carbocycles. The Morgan fingerprint density at radius 2 is 2.00 bits per heavy atom. The second kappa shape index (κ2) is 7.20. The van der Waals surface area contributed by atoms with Crippen LogP contribution < -0.4 is 10.0 Å². The van der Waals surface area contributed by atoms with Gasteiger partial charge in [-0.3, -0.25) is 0 Å². The summed E-state index contributed by atoms with van der Waals surface area (Å²) in [6, 6.07) is 7.45. The van der Waals surface area contributed by atoms with Gasteiger partial charge in [-0.1, -0.05) is 31.9 Å². The summed E-state index contributed by atoms with van der Waals surface area (Å²) < 4.78 is 27.1. The van der Waals surface area contributed by atoms with Gasteiger partial charge in [0.25, 0.3) is 0 Å². The van der Waals surface area contributed by atoms with E-state index in [9.17, 15) is 8.42 Å². The standard InChI is InChI=1S/C15H24N2O2S/c1-2-5-13-7-9-15(10-8-13)20(18,19)17-12-14-6-3-4-11-16-14/h7-10,14,16-17H,2-6,11-12H2,1H3. The molecule has 2 N–H and O–H groups in total. The topological polar surface area (TPSA) is 58.2 Å². The third-order valence-electron chi connectivity index (χ3n) is 3.70. The van der Waals surface area contributed by atoms with E-state index in [0.29, 0.717) is 11.4 Å². The average Bonchev–Trinajstić information content (AvgIpc) is 2.47. The minimum Gasteiger partial charge on any atom is -0.313 e. The third kappa shape index (κ3) is 4.30. The Bertz CT molecular complexity index is 505. The number of aryl methyl sites for hydroxylation is 1. The molecule has 5 heteroatoms. The highest BCUT2D eigenvalue weighted by Crippen LogP contribution is 2.12. The summed E-state index contributed by atoms with van der Waals surface area (Å²) in [6.45, 7) is 3.57. The fourth-order valence-electron chi connectivity index (χ4n) is 2.52. The largest absolute Gasteiger partial charge is 0.313 e. The van der Waals surface area contributed by atoms with Crippen molar-refractivity contribution >= 4 is 10.0 Å². The Morgan fingerprint density at radius 3 is 2.60 bits per heavy atom. The molecule has 1 saturated heterocycles. The van der Waals surface area contributed by atoms with Crippen molar-refractivity contribution in [2.75, 3.05) is 13.1 Å². The molecule has 1 atom stereocenters. The highest BCUT2D eigenvalue weighted by atomic mass is 32.2. The minimum absolute atomic E-state index is 0.262. The molecule has 0 amide bonds. The van der Waals surface area contributed by atoms with Crippen LogP contribution in [0, 0.1) is 0 Å². The molecule has 112 valence electrons. The fourth-order valence-corrected chi connectivity index (χ4v) is 3.60. The number of hydrogen-bond donors (Lipinski definition) is 2. The molecule has 1 aromatic carbocycles. The van der Waals surface area contributed by atoms with Crippen molar-refractivity contribution in [2.45, 2.75) is 50.0 Å². The van der Waals surface area contributed by atoms with Crippen LogP contribution in [0.2, 0.25) is 0 Å². The quantitative estimate of drug-likeness (QED) is 0.845. The van der Waals surface area contributed by atoms with E-state index in [0.717, 1.165) is 25.8 Å². The number of piperidine rings is 1. The van der Waals surface area contributed by atoms with E-state index in [2.05, 4.69) is 17.0 Å². The van der Waals surface area contributed by atoms with Crippen molar-refractivity contribution in [3.63, 3.8) is 0 Å². The zero-order chi connectivity index (χ0) is 14.4. The number of benzene rings is 1. The van der Waals surface area contributed by atoms with Gasteiger partial charge < -0.3 is 5.32 Å². The predicted molar refractivity (Wildman–Crippen MR) is 81.3 cm³/mol. The molecule has 1 aromatic rings. The summed E-state index contributed by atoms with van der Waals surface area (Å²) in [7, 11) is -3.38. The first kappa shape index (κ1) is 15.5. The molecule has 2 rings (SSSR count). The third-order valence-corrected chi connectivity index (χ3v) is 5.14. The van der Waals surface area contributed by atoms with E-state index < -0.39 is 10.0 Å². The maximum absolute atomic E-state index is 12.2. The van der Waals surface area contributed by atoms with Gasteiger partial charge in [-0.15, -0.1) is 0 Å². The van der Waals surface area contributed by atoms with Crippen LogP contribution in [-0.2, 0) is 16.4 Å². The molecule has 0 aromatic heterocycles. The predicted octanol–water partition coefficient (Wildman–Crippen LogP) is 2.06. The molecule has 0 radical (unpaired) electrons. The SMILES string of the molecule is CCCc1ccc(S(=O)(=O)NCC2CCCCN2)cc1. The molecular weight excluding hydrogens is 272 g/mol. The molecule has 1 aliphatic rings. The van der Waals surface area contributed by atoms with Crippen molar-refractivity contribution in [3.05, 3.63) is 29.8 Å². The second-order valence-electron chi connectivity index (χ2n) is 5.39.